The molecule has 3 nitrogen and oxygen atoms in total. The van der Waals surface area contributed by atoms with E-state index in [1.54, 1.807) is 0 Å². The summed E-state index contributed by atoms with van der Waals surface area (Å²) in [5.74, 6) is 0. The number of fused-ring (bicyclic) bond motifs is 1. The minimum Gasteiger partial charge on any atom is -0.375 e. The highest BCUT2D eigenvalue weighted by Gasteiger charge is 2.23. The quantitative estimate of drug-likeness (QED) is 0.758. The molecule has 4 heteroatoms. The fourth-order valence-corrected chi connectivity index (χ4v) is 2.61. The van der Waals surface area contributed by atoms with Gasteiger partial charge in [-0.05, 0) is 17.5 Å². The molecule has 0 atom stereocenters. The van der Waals surface area contributed by atoms with E-state index in [2.05, 4.69) is 31.8 Å². The average Bonchev–Trinajstić information content (AvgIpc) is 2.54. The molecular formula is C12H13N3S. The summed E-state index contributed by atoms with van der Waals surface area (Å²) in [6, 6.07) is 5.99. The molecule has 0 unspecified atom stereocenters. The maximum absolute atomic E-state index is 9.14. The highest BCUT2D eigenvalue weighted by atomic mass is 32.1. The Hall–Kier alpha value is -1.60. The Morgan fingerprint density at radius 3 is 2.62 bits per heavy atom. The van der Waals surface area contributed by atoms with Gasteiger partial charge in [-0.15, -0.1) is 0 Å². The van der Waals surface area contributed by atoms with Crippen molar-refractivity contribution in [1.82, 2.24) is 4.98 Å². The first kappa shape index (κ1) is 10.9. The predicted molar refractivity (Wildman–Crippen MR) is 67.4 cm³/mol. The second-order valence-electron chi connectivity index (χ2n) is 4.75. The van der Waals surface area contributed by atoms with E-state index in [4.69, 9.17) is 11.0 Å². The average molecular weight is 231 g/mol. The molecular weight excluding hydrogens is 218 g/mol. The number of aromatic nitrogens is 1. The molecule has 2 aromatic rings. The molecule has 2 N–H and O–H groups in total. The molecule has 0 saturated heterocycles. The first-order valence-electron chi connectivity index (χ1n) is 5.03. The summed E-state index contributed by atoms with van der Waals surface area (Å²) in [4.78, 5) is 4.33. The van der Waals surface area contributed by atoms with Crippen LogP contribution in [0.4, 0.5) is 5.13 Å². The molecule has 0 radical (unpaired) electrons. The molecule has 0 bridgehead atoms. The maximum atomic E-state index is 9.14. The first-order valence-corrected chi connectivity index (χ1v) is 5.84. The Morgan fingerprint density at radius 2 is 2.06 bits per heavy atom. The van der Waals surface area contributed by atoms with Gasteiger partial charge >= 0.3 is 0 Å². The SMILES string of the molecule is CC(C)(C)c1c(C#N)ccc2sc(N)nc12. The van der Waals surface area contributed by atoms with Crippen LogP contribution in [-0.4, -0.2) is 4.98 Å². The first-order chi connectivity index (χ1) is 7.43. The van der Waals surface area contributed by atoms with E-state index in [0.29, 0.717) is 10.7 Å². The molecule has 0 spiro atoms. The molecule has 0 aliphatic rings. The zero-order valence-corrected chi connectivity index (χ0v) is 10.4. The van der Waals surface area contributed by atoms with Crippen LogP contribution < -0.4 is 5.73 Å². The van der Waals surface area contributed by atoms with E-state index in [0.717, 1.165) is 15.8 Å². The van der Waals surface area contributed by atoms with Crippen molar-refractivity contribution in [3.63, 3.8) is 0 Å². The van der Waals surface area contributed by atoms with Crippen LogP contribution in [0.5, 0.6) is 0 Å². The zero-order valence-electron chi connectivity index (χ0n) is 9.53. The van der Waals surface area contributed by atoms with E-state index in [-0.39, 0.29) is 5.41 Å². The number of nitrogens with two attached hydrogens (primary N) is 1. The Bertz CT molecular complexity index is 585. The van der Waals surface area contributed by atoms with Gasteiger partial charge in [0.25, 0.3) is 0 Å². The van der Waals surface area contributed by atoms with Crippen LogP contribution in [0.1, 0.15) is 31.9 Å². The van der Waals surface area contributed by atoms with Crippen LogP contribution in [0.15, 0.2) is 12.1 Å². The minimum absolute atomic E-state index is 0.106. The van der Waals surface area contributed by atoms with Crippen LogP contribution in [0, 0.1) is 11.3 Å². The Kier molecular flexibility index (Phi) is 2.36. The lowest BCUT2D eigenvalue weighted by molar-refractivity contribution is 0.593. The number of benzene rings is 1. The fourth-order valence-electron chi connectivity index (χ4n) is 1.86. The number of nitrogens with zero attached hydrogens (tertiary/aromatic N) is 2. The molecule has 2 rings (SSSR count). The molecule has 0 fully saturated rings. The van der Waals surface area contributed by atoms with Crippen LogP contribution in [-0.2, 0) is 5.41 Å². The lowest BCUT2D eigenvalue weighted by Gasteiger charge is -2.20. The van der Waals surface area contributed by atoms with Gasteiger partial charge in [-0.1, -0.05) is 32.1 Å². The largest absolute Gasteiger partial charge is 0.375 e. The zero-order chi connectivity index (χ0) is 11.9. The van der Waals surface area contributed by atoms with Gasteiger partial charge in [0.2, 0.25) is 0 Å². The van der Waals surface area contributed by atoms with Crippen molar-refractivity contribution in [2.75, 3.05) is 5.73 Å². The van der Waals surface area contributed by atoms with E-state index < -0.39 is 0 Å². The lowest BCUT2D eigenvalue weighted by Crippen LogP contribution is -2.14. The summed E-state index contributed by atoms with van der Waals surface area (Å²) in [6.07, 6.45) is 0. The molecule has 0 aliphatic heterocycles. The molecule has 0 amide bonds. The third-order valence-corrected chi connectivity index (χ3v) is 3.30. The third kappa shape index (κ3) is 1.63. The number of nitriles is 1. The maximum Gasteiger partial charge on any atom is 0.181 e. The van der Waals surface area contributed by atoms with E-state index in [1.165, 1.54) is 11.3 Å². The van der Waals surface area contributed by atoms with Gasteiger partial charge in [0.05, 0.1) is 21.8 Å². The van der Waals surface area contributed by atoms with Crippen molar-refractivity contribution in [3.8, 4) is 6.07 Å². The van der Waals surface area contributed by atoms with Gasteiger partial charge in [0.1, 0.15) is 0 Å². The Morgan fingerprint density at radius 1 is 1.38 bits per heavy atom. The van der Waals surface area contributed by atoms with E-state index in [1.807, 2.05) is 12.1 Å². The smallest absolute Gasteiger partial charge is 0.181 e. The van der Waals surface area contributed by atoms with Crippen molar-refractivity contribution in [2.45, 2.75) is 26.2 Å². The van der Waals surface area contributed by atoms with Crippen LogP contribution in [0.2, 0.25) is 0 Å². The second-order valence-corrected chi connectivity index (χ2v) is 5.81. The van der Waals surface area contributed by atoms with Gasteiger partial charge in [-0.2, -0.15) is 5.26 Å². The van der Waals surface area contributed by atoms with Gasteiger partial charge < -0.3 is 5.73 Å². The normalized spacial score (nSPS) is 11.6. The van der Waals surface area contributed by atoms with Gasteiger partial charge in [-0.25, -0.2) is 4.98 Å². The van der Waals surface area contributed by atoms with Crippen LogP contribution in [0.25, 0.3) is 10.2 Å². The molecule has 1 heterocycles. The Labute approximate surface area is 98.5 Å². The highest BCUT2D eigenvalue weighted by molar-refractivity contribution is 7.22. The minimum atomic E-state index is -0.106. The second kappa shape index (κ2) is 3.46. The van der Waals surface area contributed by atoms with Crippen molar-refractivity contribution < 1.29 is 0 Å². The molecule has 16 heavy (non-hydrogen) atoms. The summed E-state index contributed by atoms with van der Waals surface area (Å²) >= 11 is 1.46. The van der Waals surface area contributed by atoms with Crippen molar-refractivity contribution in [2.24, 2.45) is 0 Å². The summed E-state index contributed by atoms with van der Waals surface area (Å²) in [5, 5.41) is 9.69. The molecule has 82 valence electrons. The van der Waals surface area contributed by atoms with Crippen molar-refractivity contribution in [1.29, 1.82) is 5.26 Å². The summed E-state index contributed by atoms with van der Waals surface area (Å²) < 4.78 is 1.04. The van der Waals surface area contributed by atoms with Crippen molar-refractivity contribution >= 4 is 26.7 Å². The Balaban J connectivity index is 2.90. The van der Waals surface area contributed by atoms with Gasteiger partial charge in [0, 0.05) is 5.56 Å². The number of hydrogen-bond donors (Lipinski definition) is 1. The van der Waals surface area contributed by atoms with E-state index in [9.17, 15) is 0 Å². The van der Waals surface area contributed by atoms with E-state index >= 15 is 0 Å². The van der Waals surface area contributed by atoms with Gasteiger partial charge in [0.15, 0.2) is 5.13 Å². The number of nitrogen functional groups attached to an aromatic ring is 1. The van der Waals surface area contributed by atoms with Crippen LogP contribution >= 0.6 is 11.3 Å². The topological polar surface area (TPSA) is 62.7 Å². The lowest BCUT2D eigenvalue weighted by atomic mass is 9.83. The van der Waals surface area contributed by atoms with Crippen molar-refractivity contribution in [3.05, 3.63) is 23.3 Å². The molecule has 0 aliphatic carbocycles. The summed E-state index contributed by atoms with van der Waals surface area (Å²) in [5.41, 5.74) is 8.15. The number of rotatable bonds is 0. The number of anilines is 1. The fraction of sp³-hybridized carbons (Fsp3) is 0.333. The number of thiazole rings is 1. The third-order valence-electron chi connectivity index (χ3n) is 2.45. The highest BCUT2D eigenvalue weighted by Crippen LogP contribution is 2.35. The number of hydrogen-bond acceptors (Lipinski definition) is 4. The van der Waals surface area contributed by atoms with Gasteiger partial charge in [-0.3, -0.25) is 0 Å². The summed E-state index contributed by atoms with van der Waals surface area (Å²) in [6.45, 7) is 6.24. The monoisotopic (exact) mass is 231 g/mol. The summed E-state index contributed by atoms with van der Waals surface area (Å²) in [7, 11) is 0. The van der Waals surface area contributed by atoms with Crippen LogP contribution in [0.3, 0.4) is 0 Å². The molecule has 1 aromatic carbocycles. The standard InChI is InChI=1S/C12H13N3S/c1-12(2,3)9-7(6-13)4-5-8-10(9)15-11(14)16-8/h4-5H,1-3H3,(H2,14,15). The predicted octanol–water partition coefficient (Wildman–Crippen LogP) is 3.05. The molecule has 0 saturated carbocycles. The molecule has 1 aromatic heterocycles.